The Morgan fingerprint density at radius 2 is 1.89 bits per heavy atom. The Labute approximate surface area is 97.0 Å². The highest BCUT2D eigenvalue weighted by Gasteiger charge is 2.58. The zero-order chi connectivity index (χ0) is 14.0. The number of carbonyl (C=O) groups is 1. The lowest BCUT2D eigenvalue weighted by molar-refractivity contribution is -0.290. The molecule has 1 rings (SSSR count). The third-order valence-corrected chi connectivity index (χ3v) is 1.76. The van der Waals surface area contributed by atoms with Gasteiger partial charge >= 0.3 is 18.1 Å². The molecule has 1 aromatic rings. The molecule has 0 atom stereocenters. The van der Waals surface area contributed by atoms with Crippen molar-refractivity contribution in [1.29, 1.82) is 0 Å². The number of halogens is 5. The van der Waals surface area contributed by atoms with Gasteiger partial charge in [-0.25, -0.2) is 9.78 Å². The first kappa shape index (κ1) is 14.1. The molecule has 0 saturated heterocycles. The van der Waals surface area contributed by atoms with Crippen LogP contribution < -0.4 is 4.74 Å². The number of carboxylic acids is 1. The van der Waals surface area contributed by atoms with E-state index in [4.69, 9.17) is 5.11 Å². The topological polar surface area (TPSA) is 59.4 Å². The number of pyridine rings is 1. The van der Waals surface area contributed by atoms with Crippen molar-refractivity contribution in [2.24, 2.45) is 0 Å². The number of hydrogen-bond donors (Lipinski definition) is 1. The third-order valence-electron chi connectivity index (χ3n) is 1.76. The predicted molar refractivity (Wildman–Crippen MR) is 47.7 cm³/mol. The maximum Gasteiger partial charge on any atom is 0.456 e. The van der Waals surface area contributed by atoms with Crippen LogP contribution in [0.2, 0.25) is 0 Å². The molecule has 4 nitrogen and oxygen atoms in total. The standard InChI is InChI=1S/C9H6F5NO3/c10-8(11,9(12,13)14)4-18-6-3-1-2-5(15-6)7(16)17/h1-3H,4H2,(H,16,17). The average molecular weight is 271 g/mol. The Morgan fingerprint density at radius 3 is 2.39 bits per heavy atom. The Bertz CT molecular complexity index is 446. The number of aromatic carboxylic acids is 1. The lowest BCUT2D eigenvalue weighted by Crippen LogP contribution is -2.41. The van der Waals surface area contributed by atoms with Crippen LogP contribution in [0, 0.1) is 0 Å². The summed E-state index contributed by atoms with van der Waals surface area (Å²) in [5.74, 6) is -7.12. The molecular formula is C9H6F5NO3. The first-order chi connectivity index (χ1) is 8.13. The highest BCUT2D eigenvalue weighted by Crippen LogP contribution is 2.35. The zero-order valence-corrected chi connectivity index (χ0v) is 8.54. The summed E-state index contributed by atoms with van der Waals surface area (Å²) >= 11 is 0. The summed E-state index contributed by atoms with van der Waals surface area (Å²) in [5.41, 5.74) is -0.525. The Morgan fingerprint density at radius 1 is 1.28 bits per heavy atom. The molecule has 9 heteroatoms. The van der Waals surface area contributed by atoms with E-state index in [1.165, 1.54) is 0 Å². The summed E-state index contributed by atoms with van der Waals surface area (Å²) in [5, 5.41) is 8.52. The van der Waals surface area contributed by atoms with E-state index < -0.39 is 36.2 Å². The van der Waals surface area contributed by atoms with Gasteiger partial charge < -0.3 is 9.84 Å². The molecule has 0 saturated carbocycles. The fourth-order valence-corrected chi connectivity index (χ4v) is 0.861. The fraction of sp³-hybridized carbons (Fsp3) is 0.333. The van der Waals surface area contributed by atoms with Gasteiger partial charge in [0, 0.05) is 6.07 Å². The number of nitrogens with zero attached hydrogens (tertiary/aromatic N) is 1. The maximum absolute atomic E-state index is 12.5. The van der Waals surface area contributed by atoms with E-state index in [9.17, 15) is 26.7 Å². The minimum Gasteiger partial charge on any atom is -0.477 e. The number of hydrogen-bond acceptors (Lipinski definition) is 3. The van der Waals surface area contributed by atoms with Gasteiger partial charge in [0.15, 0.2) is 12.3 Å². The molecule has 100 valence electrons. The van der Waals surface area contributed by atoms with Crippen LogP contribution in [0.25, 0.3) is 0 Å². The second-order valence-corrected chi connectivity index (χ2v) is 3.16. The Hall–Kier alpha value is -1.93. The second kappa shape index (κ2) is 4.75. The quantitative estimate of drug-likeness (QED) is 0.854. The SMILES string of the molecule is O=C(O)c1cccc(OCC(F)(F)C(F)(F)F)n1. The van der Waals surface area contributed by atoms with Gasteiger partial charge in [0.25, 0.3) is 0 Å². The highest BCUT2D eigenvalue weighted by molar-refractivity contribution is 5.85. The van der Waals surface area contributed by atoms with Crippen LogP contribution in [0.1, 0.15) is 10.5 Å². The van der Waals surface area contributed by atoms with Crippen LogP contribution in [0.5, 0.6) is 5.88 Å². The largest absolute Gasteiger partial charge is 0.477 e. The number of aromatic nitrogens is 1. The van der Waals surface area contributed by atoms with Crippen molar-refractivity contribution in [3.63, 3.8) is 0 Å². The molecule has 0 amide bonds. The minimum atomic E-state index is -5.74. The van der Waals surface area contributed by atoms with Crippen LogP contribution in [-0.2, 0) is 0 Å². The van der Waals surface area contributed by atoms with Crippen LogP contribution in [0.15, 0.2) is 18.2 Å². The van der Waals surface area contributed by atoms with Crippen molar-refractivity contribution in [3.8, 4) is 5.88 Å². The predicted octanol–water partition coefficient (Wildman–Crippen LogP) is 2.36. The zero-order valence-electron chi connectivity index (χ0n) is 8.54. The lowest BCUT2D eigenvalue weighted by atomic mass is 10.3. The number of rotatable bonds is 4. The molecule has 18 heavy (non-hydrogen) atoms. The van der Waals surface area contributed by atoms with E-state index in [2.05, 4.69) is 9.72 Å². The molecular weight excluding hydrogens is 265 g/mol. The monoisotopic (exact) mass is 271 g/mol. The third kappa shape index (κ3) is 3.28. The number of ether oxygens (including phenoxy) is 1. The highest BCUT2D eigenvalue weighted by atomic mass is 19.4. The molecule has 0 unspecified atom stereocenters. The molecule has 0 radical (unpaired) electrons. The summed E-state index contributed by atoms with van der Waals surface area (Å²) in [6, 6.07) is 3.12. The molecule has 0 aliphatic carbocycles. The molecule has 0 fully saturated rings. The number of carboxylic acid groups (broad SMARTS) is 1. The summed E-state index contributed by atoms with van der Waals surface area (Å²) in [4.78, 5) is 13.7. The molecule has 0 aliphatic rings. The maximum atomic E-state index is 12.5. The van der Waals surface area contributed by atoms with E-state index in [0.717, 1.165) is 18.2 Å². The lowest BCUT2D eigenvalue weighted by Gasteiger charge is -2.19. The molecule has 1 heterocycles. The number of alkyl halides is 5. The van der Waals surface area contributed by atoms with E-state index >= 15 is 0 Å². The van der Waals surface area contributed by atoms with E-state index in [-0.39, 0.29) is 0 Å². The first-order valence-corrected chi connectivity index (χ1v) is 4.41. The van der Waals surface area contributed by atoms with Gasteiger partial charge in [-0.1, -0.05) is 6.07 Å². The van der Waals surface area contributed by atoms with Crippen LogP contribution in [0.4, 0.5) is 22.0 Å². The van der Waals surface area contributed by atoms with Gasteiger partial charge in [0.05, 0.1) is 0 Å². The van der Waals surface area contributed by atoms with Gasteiger partial charge in [-0.15, -0.1) is 0 Å². The van der Waals surface area contributed by atoms with Gasteiger partial charge in [0.1, 0.15) is 0 Å². The molecule has 0 aliphatic heterocycles. The van der Waals surface area contributed by atoms with E-state index in [1.807, 2.05) is 0 Å². The van der Waals surface area contributed by atoms with Gasteiger partial charge in [-0.05, 0) is 6.07 Å². The summed E-state index contributed by atoms with van der Waals surface area (Å²) in [7, 11) is 0. The van der Waals surface area contributed by atoms with Gasteiger partial charge in [0.2, 0.25) is 5.88 Å². The Balaban J connectivity index is 2.75. The summed E-state index contributed by atoms with van der Waals surface area (Å²) < 4.78 is 64.5. The molecule has 0 spiro atoms. The summed E-state index contributed by atoms with van der Waals surface area (Å²) in [6.45, 7) is -1.97. The smallest absolute Gasteiger partial charge is 0.456 e. The van der Waals surface area contributed by atoms with Crippen LogP contribution in [0.3, 0.4) is 0 Å². The van der Waals surface area contributed by atoms with Gasteiger partial charge in [-0.2, -0.15) is 22.0 Å². The minimum absolute atomic E-state index is 0.525. The van der Waals surface area contributed by atoms with Crippen molar-refractivity contribution in [2.45, 2.75) is 12.1 Å². The van der Waals surface area contributed by atoms with Crippen molar-refractivity contribution in [3.05, 3.63) is 23.9 Å². The van der Waals surface area contributed by atoms with Crippen molar-refractivity contribution >= 4 is 5.97 Å². The average Bonchev–Trinajstić information content (AvgIpc) is 2.25. The molecule has 1 aromatic heterocycles. The van der Waals surface area contributed by atoms with Crippen LogP contribution >= 0.6 is 0 Å². The van der Waals surface area contributed by atoms with Crippen molar-refractivity contribution in [1.82, 2.24) is 4.98 Å². The van der Waals surface area contributed by atoms with Crippen molar-refractivity contribution < 1.29 is 36.6 Å². The molecule has 0 bridgehead atoms. The fourth-order valence-electron chi connectivity index (χ4n) is 0.861. The van der Waals surface area contributed by atoms with Crippen molar-refractivity contribution in [2.75, 3.05) is 6.61 Å². The van der Waals surface area contributed by atoms with Gasteiger partial charge in [-0.3, -0.25) is 0 Å². The first-order valence-electron chi connectivity index (χ1n) is 4.41. The molecule has 1 N–H and O–H groups in total. The van der Waals surface area contributed by atoms with E-state index in [0.29, 0.717) is 0 Å². The normalized spacial score (nSPS) is 12.3. The van der Waals surface area contributed by atoms with Crippen LogP contribution in [-0.4, -0.2) is 34.8 Å². The molecule has 0 aromatic carbocycles. The summed E-state index contributed by atoms with van der Waals surface area (Å²) in [6.07, 6.45) is -5.74. The van der Waals surface area contributed by atoms with E-state index in [1.54, 1.807) is 0 Å². The Kier molecular flexibility index (Phi) is 3.73. The second-order valence-electron chi connectivity index (χ2n) is 3.16.